The molecule has 0 N–H and O–H groups in total. The number of hydrogen-bond acceptors (Lipinski definition) is 2. The Hall–Kier alpha value is -1.16. The molecule has 0 amide bonds. The van der Waals surface area contributed by atoms with Gasteiger partial charge in [-0.15, -0.1) is 0 Å². The molecule has 0 saturated carbocycles. The van der Waals surface area contributed by atoms with Crippen LogP contribution in [0.5, 0.6) is 5.75 Å². The zero-order valence-electron chi connectivity index (χ0n) is 10.9. The van der Waals surface area contributed by atoms with E-state index in [4.69, 9.17) is 4.74 Å². The van der Waals surface area contributed by atoms with Gasteiger partial charge in [-0.1, -0.05) is 12.1 Å². The molecule has 1 aromatic rings. The van der Waals surface area contributed by atoms with Gasteiger partial charge in [-0.3, -0.25) is 4.90 Å². The number of piperidine rings is 1. The number of nitrogens with zero attached hydrogens (tertiary/aromatic N) is 1. The molecule has 1 heterocycles. The molecule has 0 radical (unpaired) electrons. The van der Waals surface area contributed by atoms with E-state index in [1.807, 2.05) is 19.1 Å². The van der Waals surface area contributed by atoms with Gasteiger partial charge >= 0.3 is 0 Å². The van der Waals surface area contributed by atoms with Crippen LogP contribution >= 0.6 is 0 Å². The summed E-state index contributed by atoms with van der Waals surface area (Å²) in [6, 6.07) is 5.99. The van der Waals surface area contributed by atoms with Crippen molar-refractivity contribution >= 4 is 0 Å². The van der Waals surface area contributed by atoms with E-state index >= 15 is 0 Å². The molecule has 1 aromatic carbocycles. The molecule has 4 heteroatoms. The predicted molar refractivity (Wildman–Crippen MR) is 67.2 cm³/mol. The summed E-state index contributed by atoms with van der Waals surface area (Å²) >= 11 is 0. The fraction of sp³-hybridized carbons (Fsp3) is 0.571. The minimum atomic E-state index is -2.47. The SMILES string of the molecule is COc1ccc(CN2CCC(F)(F)CC2)cc1C. The summed E-state index contributed by atoms with van der Waals surface area (Å²) in [5, 5.41) is 0. The van der Waals surface area contributed by atoms with Gasteiger partial charge in [0.25, 0.3) is 5.92 Å². The van der Waals surface area contributed by atoms with Gasteiger partial charge in [-0.25, -0.2) is 8.78 Å². The van der Waals surface area contributed by atoms with Crippen molar-refractivity contribution in [3.63, 3.8) is 0 Å². The van der Waals surface area contributed by atoms with E-state index in [9.17, 15) is 8.78 Å². The van der Waals surface area contributed by atoms with Crippen molar-refractivity contribution in [3.8, 4) is 5.75 Å². The van der Waals surface area contributed by atoms with E-state index in [0.717, 1.165) is 23.4 Å². The minimum absolute atomic E-state index is 0.0257. The second-order valence-corrected chi connectivity index (χ2v) is 4.94. The van der Waals surface area contributed by atoms with Crippen LogP contribution in [0.2, 0.25) is 0 Å². The Morgan fingerprint density at radius 1 is 1.28 bits per heavy atom. The number of ether oxygens (including phenoxy) is 1. The van der Waals surface area contributed by atoms with Crippen molar-refractivity contribution in [1.82, 2.24) is 4.90 Å². The first-order chi connectivity index (χ1) is 8.50. The Bertz CT molecular complexity index is 410. The molecule has 2 rings (SSSR count). The lowest BCUT2D eigenvalue weighted by molar-refractivity contribution is -0.0566. The zero-order valence-corrected chi connectivity index (χ0v) is 10.9. The lowest BCUT2D eigenvalue weighted by atomic mass is 10.1. The standard InChI is InChI=1S/C14H19F2NO/c1-11-9-12(3-4-13(11)18-2)10-17-7-5-14(15,16)6-8-17/h3-4,9H,5-8,10H2,1-2H3. The third-order valence-corrected chi connectivity index (χ3v) is 3.45. The van der Waals surface area contributed by atoms with Gasteiger partial charge in [0.05, 0.1) is 7.11 Å². The highest BCUT2D eigenvalue weighted by molar-refractivity contribution is 5.36. The number of rotatable bonds is 3. The molecule has 1 fully saturated rings. The zero-order chi connectivity index (χ0) is 13.2. The molecular weight excluding hydrogens is 236 g/mol. The summed E-state index contributed by atoms with van der Waals surface area (Å²) in [6.07, 6.45) is -0.0513. The van der Waals surface area contributed by atoms with E-state index in [2.05, 4.69) is 11.0 Å². The number of halogens is 2. The maximum atomic E-state index is 13.0. The first kappa shape index (κ1) is 13.3. The van der Waals surface area contributed by atoms with Crippen molar-refractivity contribution in [2.75, 3.05) is 20.2 Å². The van der Waals surface area contributed by atoms with E-state index in [0.29, 0.717) is 13.1 Å². The van der Waals surface area contributed by atoms with Crippen molar-refractivity contribution in [1.29, 1.82) is 0 Å². The summed E-state index contributed by atoms with van der Waals surface area (Å²) < 4.78 is 31.3. The van der Waals surface area contributed by atoms with Gasteiger partial charge in [0.2, 0.25) is 0 Å². The highest BCUT2D eigenvalue weighted by atomic mass is 19.3. The molecular formula is C14H19F2NO. The molecule has 100 valence electrons. The quantitative estimate of drug-likeness (QED) is 0.822. The third kappa shape index (κ3) is 3.19. The van der Waals surface area contributed by atoms with Gasteiger partial charge in [-0.2, -0.15) is 0 Å². The van der Waals surface area contributed by atoms with Crippen molar-refractivity contribution in [3.05, 3.63) is 29.3 Å². The fourth-order valence-electron chi connectivity index (χ4n) is 2.34. The van der Waals surface area contributed by atoms with E-state index in [1.54, 1.807) is 7.11 Å². The lowest BCUT2D eigenvalue weighted by Crippen LogP contribution is -2.38. The highest BCUT2D eigenvalue weighted by Crippen LogP contribution is 2.28. The van der Waals surface area contributed by atoms with Crippen LogP contribution in [-0.2, 0) is 6.54 Å². The van der Waals surface area contributed by atoms with Crippen molar-refractivity contribution in [2.45, 2.75) is 32.2 Å². The average Bonchev–Trinajstić information content (AvgIpc) is 2.32. The maximum Gasteiger partial charge on any atom is 0.250 e. The molecule has 18 heavy (non-hydrogen) atoms. The lowest BCUT2D eigenvalue weighted by Gasteiger charge is -2.31. The largest absolute Gasteiger partial charge is 0.496 e. The van der Waals surface area contributed by atoms with Gasteiger partial charge in [0, 0.05) is 32.5 Å². The molecule has 2 nitrogen and oxygen atoms in total. The predicted octanol–water partition coefficient (Wildman–Crippen LogP) is 3.23. The number of methoxy groups -OCH3 is 1. The first-order valence-electron chi connectivity index (χ1n) is 6.24. The Labute approximate surface area is 107 Å². The first-order valence-corrected chi connectivity index (χ1v) is 6.24. The monoisotopic (exact) mass is 255 g/mol. The molecule has 0 aliphatic carbocycles. The fourth-order valence-corrected chi connectivity index (χ4v) is 2.34. The van der Waals surface area contributed by atoms with Crippen molar-refractivity contribution in [2.24, 2.45) is 0 Å². The van der Waals surface area contributed by atoms with Crippen LogP contribution in [-0.4, -0.2) is 31.0 Å². The second-order valence-electron chi connectivity index (χ2n) is 4.94. The number of alkyl halides is 2. The number of benzene rings is 1. The number of likely N-dealkylation sites (tertiary alicyclic amines) is 1. The summed E-state index contributed by atoms with van der Waals surface area (Å²) in [5.74, 6) is -1.60. The highest BCUT2D eigenvalue weighted by Gasteiger charge is 2.33. The summed E-state index contributed by atoms with van der Waals surface area (Å²) in [4.78, 5) is 2.08. The Morgan fingerprint density at radius 2 is 1.94 bits per heavy atom. The van der Waals surface area contributed by atoms with Gasteiger partial charge in [-0.05, 0) is 24.1 Å². The van der Waals surface area contributed by atoms with E-state index in [-0.39, 0.29) is 12.8 Å². The van der Waals surface area contributed by atoms with Crippen molar-refractivity contribution < 1.29 is 13.5 Å². The molecule has 1 aliphatic rings. The molecule has 0 aromatic heterocycles. The maximum absolute atomic E-state index is 13.0. The molecule has 1 saturated heterocycles. The Balaban J connectivity index is 1.96. The molecule has 0 bridgehead atoms. The molecule has 1 aliphatic heterocycles. The van der Waals surface area contributed by atoms with Gasteiger partial charge in [0.15, 0.2) is 0 Å². The number of hydrogen-bond donors (Lipinski definition) is 0. The van der Waals surface area contributed by atoms with Crippen LogP contribution < -0.4 is 4.74 Å². The second kappa shape index (κ2) is 5.22. The smallest absolute Gasteiger partial charge is 0.250 e. The van der Waals surface area contributed by atoms with Gasteiger partial charge in [0.1, 0.15) is 5.75 Å². The van der Waals surface area contributed by atoms with Crippen LogP contribution in [0.25, 0.3) is 0 Å². The summed E-state index contributed by atoms with van der Waals surface area (Å²) in [5.41, 5.74) is 2.23. The third-order valence-electron chi connectivity index (χ3n) is 3.45. The van der Waals surface area contributed by atoms with Crippen LogP contribution in [0.15, 0.2) is 18.2 Å². The van der Waals surface area contributed by atoms with Crippen LogP contribution in [0, 0.1) is 6.92 Å². The topological polar surface area (TPSA) is 12.5 Å². The summed E-state index contributed by atoms with van der Waals surface area (Å²) in [6.45, 7) is 3.67. The molecule has 0 spiro atoms. The van der Waals surface area contributed by atoms with E-state index in [1.165, 1.54) is 0 Å². The molecule has 0 unspecified atom stereocenters. The average molecular weight is 255 g/mol. The normalized spacial score (nSPS) is 19.8. The van der Waals surface area contributed by atoms with Crippen LogP contribution in [0.1, 0.15) is 24.0 Å². The van der Waals surface area contributed by atoms with Crippen LogP contribution in [0.4, 0.5) is 8.78 Å². The number of aryl methyl sites for hydroxylation is 1. The Morgan fingerprint density at radius 3 is 2.50 bits per heavy atom. The minimum Gasteiger partial charge on any atom is -0.496 e. The van der Waals surface area contributed by atoms with Gasteiger partial charge < -0.3 is 4.74 Å². The van der Waals surface area contributed by atoms with Crippen LogP contribution in [0.3, 0.4) is 0 Å². The Kier molecular flexibility index (Phi) is 3.85. The summed E-state index contributed by atoms with van der Waals surface area (Å²) in [7, 11) is 1.65. The molecule has 0 atom stereocenters. The van der Waals surface area contributed by atoms with E-state index < -0.39 is 5.92 Å².